The smallest absolute Gasteiger partial charge is 0.139 e. The number of nitrogens with two attached hydrogens (primary N) is 1. The predicted octanol–water partition coefficient (Wildman–Crippen LogP) is 1.52. The van der Waals surface area contributed by atoms with Gasteiger partial charge >= 0.3 is 0 Å². The molecular weight excluding hydrogens is 200 g/mol. The van der Waals surface area contributed by atoms with E-state index < -0.39 is 0 Å². The number of rotatable bonds is 4. The fraction of sp³-hybridized carbons (Fsp3) is 0.500. The van der Waals surface area contributed by atoms with Gasteiger partial charge in [0.1, 0.15) is 11.7 Å². The first kappa shape index (κ1) is 10.9. The minimum absolute atomic E-state index is 0.0881. The van der Waals surface area contributed by atoms with Crippen LogP contribution in [0.3, 0.4) is 0 Å². The molecule has 86 valence electrons. The maximum Gasteiger partial charge on any atom is 0.139 e. The molecule has 16 heavy (non-hydrogen) atoms. The Labute approximate surface area is 96.0 Å². The topological polar surface area (TPSA) is 66.0 Å². The largest absolute Gasteiger partial charge is 0.384 e. The molecule has 1 saturated carbocycles. The van der Waals surface area contributed by atoms with Crippen molar-refractivity contribution in [2.45, 2.75) is 19.8 Å². The van der Waals surface area contributed by atoms with Crippen molar-refractivity contribution < 1.29 is 0 Å². The number of hydrogen-bond donors (Lipinski definition) is 2. The summed E-state index contributed by atoms with van der Waals surface area (Å²) < 4.78 is 0. The Morgan fingerprint density at radius 1 is 1.56 bits per heavy atom. The summed E-state index contributed by atoms with van der Waals surface area (Å²) in [5, 5.41) is 7.55. The molecular formula is C12H18N4. The highest BCUT2D eigenvalue weighted by Crippen LogP contribution is 2.31. The second kappa shape index (κ2) is 4.12. The van der Waals surface area contributed by atoms with E-state index in [1.54, 1.807) is 0 Å². The lowest BCUT2D eigenvalue weighted by atomic mass is 10.2. The average Bonchev–Trinajstić information content (AvgIpc) is 3.01. The maximum absolute atomic E-state index is 7.55. The third kappa shape index (κ3) is 2.32. The number of nitrogens with zero attached hydrogens (tertiary/aromatic N) is 2. The van der Waals surface area contributed by atoms with Gasteiger partial charge in [0.25, 0.3) is 0 Å². The van der Waals surface area contributed by atoms with Gasteiger partial charge in [-0.05, 0) is 37.8 Å². The van der Waals surface area contributed by atoms with Gasteiger partial charge in [0.15, 0.2) is 0 Å². The molecule has 0 aromatic carbocycles. The number of anilines is 1. The molecule has 1 aromatic rings. The van der Waals surface area contributed by atoms with Crippen LogP contribution in [0, 0.1) is 18.3 Å². The summed E-state index contributed by atoms with van der Waals surface area (Å²) in [4.78, 5) is 6.59. The van der Waals surface area contributed by atoms with Crippen molar-refractivity contribution in [2.24, 2.45) is 11.7 Å². The molecule has 0 atom stereocenters. The van der Waals surface area contributed by atoms with E-state index >= 15 is 0 Å². The molecule has 4 heteroatoms. The normalized spacial score (nSPS) is 14.9. The number of nitrogens with one attached hydrogen (secondary N) is 1. The van der Waals surface area contributed by atoms with Gasteiger partial charge in [-0.2, -0.15) is 0 Å². The van der Waals surface area contributed by atoms with Crippen LogP contribution in [0.2, 0.25) is 0 Å². The zero-order valence-electron chi connectivity index (χ0n) is 9.83. The lowest BCUT2D eigenvalue weighted by molar-refractivity contribution is 0.775. The van der Waals surface area contributed by atoms with Crippen LogP contribution >= 0.6 is 0 Å². The van der Waals surface area contributed by atoms with Crippen molar-refractivity contribution in [3.8, 4) is 0 Å². The summed E-state index contributed by atoms with van der Waals surface area (Å²) >= 11 is 0. The van der Waals surface area contributed by atoms with Gasteiger partial charge in [0.2, 0.25) is 0 Å². The van der Waals surface area contributed by atoms with Crippen molar-refractivity contribution in [1.29, 1.82) is 5.41 Å². The number of aromatic nitrogens is 1. The number of amidine groups is 1. The molecule has 4 nitrogen and oxygen atoms in total. The lowest BCUT2D eigenvalue weighted by Gasteiger charge is -2.21. The van der Waals surface area contributed by atoms with Crippen molar-refractivity contribution in [3.63, 3.8) is 0 Å². The summed E-state index contributed by atoms with van der Waals surface area (Å²) in [7, 11) is 2.02. The fourth-order valence-electron chi connectivity index (χ4n) is 1.82. The highest BCUT2D eigenvalue weighted by Gasteiger charge is 2.24. The third-order valence-electron chi connectivity index (χ3n) is 2.90. The van der Waals surface area contributed by atoms with E-state index in [0.29, 0.717) is 0 Å². The Bertz CT molecular complexity index is 409. The maximum atomic E-state index is 7.55. The number of nitrogen functional groups attached to an aromatic ring is 1. The molecule has 1 aliphatic rings. The predicted molar refractivity (Wildman–Crippen MR) is 66.0 cm³/mol. The van der Waals surface area contributed by atoms with E-state index in [1.807, 2.05) is 26.1 Å². The summed E-state index contributed by atoms with van der Waals surface area (Å²) in [5.74, 6) is 1.72. The van der Waals surface area contributed by atoms with Crippen LogP contribution in [-0.4, -0.2) is 24.4 Å². The summed E-state index contributed by atoms with van der Waals surface area (Å²) in [6.07, 6.45) is 2.62. The van der Waals surface area contributed by atoms with Gasteiger partial charge in [-0.25, -0.2) is 4.98 Å². The average molecular weight is 218 g/mol. The zero-order valence-corrected chi connectivity index (χ0v) is 9.83. The van der Waals surface area contributed by atoms with Crippen molar-refractivity contribution in [2.75, 3.05) is 18.5 Å². The Balaban J connectivity index is 2.27. The van der Waals surface area contributed by atoms with Gasteiger partial charge in [0.05, 0.1) is 5.56 Å². The first-order valence-corrected chi connectivity index (χ1v) is 5.61. The van der Waals surface area contributed by atoms with Crippen LogP contribution in [-0.2, 0) is 0 Å². The number of aryl methyl sites for hydroxylation is 1. The summed E-state index contributed by atoms with van der Waals surface area (Å²) in [5.41, 5.74) is 7.26. The molecule has 0 saturated heterocycles. The minimum atomic E-state index is 0.0881. The van der Waals surface area contributed by atoms with Gasteiger partial charge in [0, 0.05) is 19.3 Å². The molecule has 3 N–H and O–H groups in total. The highest BCUT2D eigenvalue weighted by molar-refractivity contribution is 5.99. The molecule has 2 rings (SSSR count). The van der Waals surface area contributed by atoms with Crippen molar-refractivity contribution in [3.05, 3.63) is 23.4 Å². The SMILES string of the molecule is Cc1ccc(C(=N)N)c(N(C)CC2CC2)n1. The van der Waals surface area contributed by atoms with Crippen molar-refractivity contribution in [1.82, 2.24) is 4.98 Å². The van der Waals surface area contributed by atoms with Crippen LogP contribution in [0.5, 0.6) is 0 Å². The van der Waals surface area contributed by atoms with Crippen LogP contribution < -0.4 is 10.6 Å². The lowest BCUT2D eigenvalue weighted by Crippen LogP contribution is -2.25. The van der Waals surface area contributed by atoms with E-state index in [9.17, 15) is 0 Å². The first-order chi connectivity index (χ1) is 7.58. The molecule has 0 unspecified atom stereocenters. The second-order valence-corrected chi connectivity index (χ2v) is 4.56. The van der Waals surface area contributed by atoms with E-state index in [-0.39, 0.29) is 5.84 Å². The molecule has 1 heterocycles. The molecule has 0 aliphatic heterocycles. The second-order valence-electron chi connectivity index (χ2n) is 4.56. The standard InChI is InChI=1S/C12H18N4/c1-8-3-6-10(11(13)14)12(15-8)16(2)7-9-4-5-9/h3,6,9H,4-5,7H2,1-2H3,(H3,13,14). The zero-order chi connectivity index (χ0) is 11.7. The van der Waals surface area contributed by atoms with Gasteiger partial charge in [-0.15, -0.1) is 0 Å². The Kier molecular flexibility index (Phi) is 2.81. The van der Waals surface area contributed by atoms with Crippen molar-refractivity contribution >= 4 is 11.7 Å². The molecule has 1 aromatic heterocycles. The molecule has 0 amide bonds. The van der Waals surface area contributed by atoms with Crippen LogP contribution in [0.15, 0.2) is 12.1 Å². The fourth-order valence-corrected chi connectivity index (χ4v) is 1.82. The monoisotopic (exact) mass is 218 g/mol. The quantitative estimate of drug-likeness (QED) is 0.595. The summed E-state index contributed by atoms with van der Waals surface area (Å²) in [6, 6.07) is 3.77. The van der Waals surface area contributed by atoms with Crippen LogP contribution in [0.4, 0.5) is 5.82 Å². The van der Waals surface area contributed by atoms with E-state index in [2.05, 4.69) is 9.88 Å². The Morgan fingerprint density at radius 3 is 2.81 bits per heavy atom. The summed E-state index contributed by atoms with van der Waals surface area (Å²) in [6.45, 7) is 2.97. The van der Waals surface area contributed by atoms with E-state index in [4.69, 9.17) is 11.1 Å². The third-order valence-corrected chi connectivity index (χ3v) is 2.90. The number of pyridine rings is 1. The molecule has 0 bridgehead atoms. The first-order valence-electron chi connectivity index (χ1n) is 5.61. The highest BCUT2D eigenvalue weighted by atomic mass is 15.2. The van der Waals surface area contributed by atoms with Crippen LogP contribution in [0.1, 0.15) is 24.1 Å². The Morgan fingerprint density at radius 2 is 2.25 bits per heavy atom. The van der Waals surface area contributed by atoms with Gasteiger partial charge in [-0.1, -0.05) is 0 Å². The van der Waals surface area contributed by atoms with Gasteiger partial charge < -0.3 is 10.6 Å². The number of hydrogen-bond acceptors (Lipinski definition) is 3. The molecule has 1 fully saturated rings. The van der Waals surface area contributed by atoms with Gasteiger partial charge in [-0.3, -0.25) is 5.41 Å². The van der Waals surface area contributed by atoms with E-state index in [1.165, 1.54) is 12.8 Å². The molecule has 0 radical (unpaired) electrons. The Hall–Kier alpha value is -1.58. The molecule has 0 spiro atoms. The molecule has 1 aliphatic carbocycles. The minimum Gasteiger partial charge on any atom is -0.384 e. The van der Waals surface area contributed by atoms with E-state index in [0.717, 1.165) is 29.5 Å². The van der Waals surface area contributed by atoms with Crippen LogP contribution in [0.25, 0.3) is 0 Å².